The first kappa shape index (κ1) is 14.0. The van der Waals surface area contributed by atoms with E-state index in [1.54, 1.807) is 12.4 Å². The van der Waals surface area contributed by atoms with E-state index in [1.165, 1.54) is 5.56 Å². The molecule has 2 unspecified atom stereocenters. The van der Waals surface area contributed by atoms with Crippen molar-refractivity contribution in [3.05, 3.63) is 60.4 Å². The fourth-order valence-corrected chi connectivity index (χ4v) is 3.19. The molecule has 0 bridgehead atoms. The van der Waals surface area contributed by atoms with Gasteiger partial charge in [0.25, 0.3) is 0 Å². The number of hydrogen-bond acceptors (Lipinski definition) is 5. The van der Waals surface area contributed by atoms with E-state index in [9.17, 15) is 0 Å². The SMILES string of the molecule is NCC1CCC(c2ccncc2)n2nc(-c3cccnc3)nc21. The molecular weight excluding hydrogens is 288 g/mol. The van der Waals surface area contributed by atoms with E-state index >= 15 is 0 Å². The third-order valence-corrected chi connectivity index (χ3v) is 4.40. The second-order valence-corrected chi connectivity index (χ2v) is 5.79. The van der Waals surface area contributed by atoms with Crippen LogP contribution in [0.3, 0.4) is 0 Å². The summed E-state index contributed by atoms with van der Waals surface area (Å²) in [7, 11) is 0. The van der Waals surface area contributed by atoms with Crippen molar-refractivity contribution in [1.82, 2.24) is 24.7 Å². The molecule has 3 aromatic rings. The first-order valence-electron chi connectivity index (χ1n) is 7.83. The van der Waals surface area contributed by atoms with Crippen molar-refractivity contribution in [1.29, 1.82) is 0 Å². The first-order valence-corrected chi connectivity index (χ1v) is 7.83. The summed E-state index contributed by atoms with van der Waals surface area (Å²) in [4.78, 5) is 13.0. The fourth-order valence-electron chi connectivity index (χ4n) is 3.19. The van der Waals surface area contributed by atoms with Crippen molar-refractivity contribution in [2.75, 3.05) is 6.54 Å². The summed E-state index contributed by atoms with van der Waals surface area (Å²) in [6.07, 6.45) is 9.22. The summed E-state index contributed by atoms with van der Waals surface area (Å²) >= 11 is 0. The standard InChI is InChI=1S/C17H18N6/c18-10-13-3-4-15(12-5-8-19-9-6-12)23-17(13)21-16(22-23)14-2-1-7-20-11-14/h1-2,5-9,11,13,15H,3-4,10,18H2. The van der Waals surface area contributed by atoms with Gasteiger partial charge in [0.05, 0.1) is 6.04 Å². The molecule has 2 N–H and O–H groups in total. The number of nitrogens with two attached hydrogens (primary N) is 1. The van der Waals surface area contributed by atoms with Crippen LogP contribution in [0.4, 0.5) is 0 Å². The summed E-state index contributed by atoms with van der Waals surface area (Å²) in [6, 6.07) is 8.16. The Morgan fingerprint density at radius 3 is 2.70 bits per heavy atom. The molecule has 3 aromatic heterocycles. The van der Waals surface area contributed by atoms with E-state index in [0.29, 0.717) is 12.4 Å². The normalized spacial score (nSPS) is 20.2. The van der Waals surface area contributed by atoms with Crippen LogP contribution in [0.5, 0.6) is 0 Å². The smallest absolute Gasteiger partial charge is 0.182 e. The Kier molecular flexibility index (Phi) is 3.59. The number of fused-ring (bicyclic) bond motifs is 1. The lowest BCUT2D eigenvalue weighted by Gasteiger charge is -2.28. The average Bonchev–Trinajstić information content (AvgIpc) is 3.08. The van der Waals surface area contributed by atoms with E-state index in [2.05, 4.69) is 9.97 Å². The highest BCUT2D eigenvalue weighted by Gasteiger charge is 2.30. The molecule has 0 aromatic carbocycles. The van der Waals surface area contributed by atoms with Gasteiger partial charge in [0.15, 0.2) is 5.82 Å². The van der Waals surface area contributed by atoms with Crippen molar-refractivity contribution in [2.24, 2.45) is 5.73 Å². The lowest BCUT2D eigenvalue weighted by Crippen LogP contribution is -2.27. The van der Waals surface area contributed by atoms with Gasteiger partial charge in [0.1, 0.15) is 5.82 Å². The van der Waals surface area contributed by atoms with Crippen LogP contribution in [0.2, 0.25) is 0 Å². The van der Waals surface area contributed by atoms with Gasteiger partial charge in [-0.2, -0.15) is 5.10 Å². The maximum Gasteiger partial charge on any atom is 0.182 e. The molecule has 0 spiro atoms. The number of nitrogens with zero attached hydrogens (tertiary/aromatic N) is 5. The molecule has 6 nitrogen and oxygen atoms in total. The average molecular weight is 306 g/mol. The zero-order valence-corrected chi connectivity index (χ0v) is 12.7. The van der Waals surface area contributed by atoms with Crippen LogP contribution < -0.4 is 5.73 Å². The second-order valence-electron chi connectivity index (χ2n) is 5.79. The highest BCUT2D eigenvalue weighted by Crippen LogP contribution is 2.36. The molecule has 0 aliphatic carbocycles. The topological polar surface area (TPSA) is 82.5 Å². The number of aromatic nitrogens is 5. The molecule has 6 heteroatoms. The minimum Gasteiger partial charge on any atom is -0.330 e. The monoisotopic (exact) mass is 306 g/mol. The summed E-state index contributed by atoms with van der Waals surface area (Å²) in [5.41, 5.74) is 8.08. The maximum absolute atomic E-state index is 5.95. The predicted octanol–water partition coefficient (Wildman–Crippen LogP) is 2.16. The second kappa shape index (κ2) is 5.89. The fraction of sp³-hybridized carbons (Fsp3) is 0.294. The third-order valence-electron chi connectivity index (χ3n) is 4.40. The first-order chi connectivity index (χ1) is 11.4. The van der Waals surface area contributed by atoms with Gasteiger partial charge >= 0.3 is 0 Å². The van der Waals surface area contributed by atoms with Crippen LogP contribution in [0.25, 0.3) is 11.4 Å². The minimum absolute atomic E-state index is 0.189. The van der Waals surface area contributed by atoms with E-state index in [-0.39, 0.29) is 12.0 Å². The van der Waals surface area contributed by atoms with Crippen molar-refractivity contribution in [2.45, 2.75) is 24.8 Å². The van der Waals surface area contributed by atoms with Crippen LogP contribution in [0.1, 0.15) is 36.2 Å². The zero-order valence-electron chi connectivity index (χ0n) is 12.7. The predicted molar refractivity (Wildman–Crippen MR) is 86.7 cm³/mol. The Labute approximate surface area is 134 Å². The molecular formula is C17H18N6. The summed E-state index contributed by atoms with van der Waals surface area (Å²) in [5.74, 6) is 1.94. The minimum atomic E-state index is 0.189. The van der Waals surface area contributed by atoms with E-state index < -0.39 is 0 Å². The number of rotatable bonds is 3. The lowest BCUT2D eigenvalue weighted by atomic mass is 9.91. The molecule has 1 aliphatic heterocycles. The number of pyridine rings is 2. The van der Waals surface area contributed by atoms with E-state index in [4.69, 9.17) is 15.8 Å². The Morgan fingerprint density at radius 1 is 1.09 bits per heavy atom. The van der Waals surface area contributed by atoms with Crippen molar-refractivity contribution >= 4 is 0 Å². The largest absolute Gasteiger partial charge is 0.330 e. The Balaban J connectivity index is 1.80. The van der Waals surface area contributed by atoms with Gasteiger partial charge in [0.2, 0.25) is 0 Å². The highest BCUT2D eigenvalue weighted by molar-refractivity contribution is 5.52. The van der Waals surface area contributed by atoms with Crippen LogP contribution in [-0.4, -0.2) is 31.3 Å². The summed E-state index contributed by atoms with van der Waals surface area (Å²) in [5, 5.41) is 4.77. The molecule has 23 heavy (non-hydrogen) atoms. The maximum atomic E-state index is 5.95. The molecule has 0 fully saturated rings. The van der Waals surface area contributed by atoms with Crippen LogP contribution in [0, 0.1) is 0 Å². The van der Waals surface area contributed by atoms with E-state index in [0.717, 1.165) is 24.2 Å². The highest BCUT2D eigenvalue weighted by atomic mass is 15.4. The van der Waals surface area contributed by atoms with Crippen LogP contribution in [-0.2, 0) is 0 Å². The third kappa shape index (κ3) is 2.51. The Morgan fingerprint density at radius 2 is 1.96 bits per heavy atom. The molecule has 0 saturated heterocycles. The Bertz CT molecular complexity index is 783. The van der Waals surface area contributed by atoms with E-state index in [1.807, 2.05) is 41.3 Å². The zero-order chi connectivity index (χ0) is 15.6. The lowest BCUT2D eigenvalue weighted by molar-refractivity contribution is 0.368. The van der Waals surface area contributed by atoms with Crippen molar-refractivity contribution in [3.63, 3.8) is 0 Å². The molecule has 0 radical (unpaired) electrons. The summed E-state index contributed by atoms with van der Waals surface area (Å²) < 4.78 is 2.04. The molecule has 2 atom stereocenters. The van der Waals surface area contributed by atoms with Crippen molar-refractivity contribution < 1.29 is 0 Å². The molecule has 1 aliphatic rings. The molecule has 0 saturated carbocycles. The van der Waals surface area contributed by atoms with Gasteiger partial charge < -0.3 is 5.73 Å². The van der Waals surface area contributed by atoms with Gasteiger partial charge in [-0.1, -0.05) is 0 Å². The quantitative estimate of drug-likeness (QED) is 0.802. The number of hydrogen-bond donors (Lipinski definition) is 1. The summed E-state index contributed by atoms with van der Waals surface area (Å²) in [6.45, 7) is 0.592. The van der Waals surface area contributed by atoms with Crippen molar-refractivity contribution in [3.8, 4) is 11.4 Å². The van der Waals surface area contributed by atoms with Crippen LogP contribution in [0.15, 0.2) is 49.1 Å². The van der Waals surface area contributed by atoms with Gasteiger partial charge in [-0.25, -0.2) is 9.67 Å². The Hall–Kier alpha value is -2.60. The van der Waals surface area contributed by atoms with Gasteiger partial charge in [-0.05, 0) is 42.7 Å². The van der Waals surface area contributed by atoms with Gasteiger partial charge in [0, 0.05) is 42.8 Å². The molecule has 4 heterocycles. The molecule has 4 rings (SSSR count). The van der Waals surface area contributed by atoms with Gasteiger partial charge in [-0.15, -0.1) is 0 Å². The van der Waals surface area contributed by atoms with Gasteiger partial charge in [-0.3, -0.25) is 9.97 Å². The van der Waals surface area contributed by atoms with Crippen LogP contribution >= 0.6 is 0 Å². The molecule has 0 amide bonds. The molecule has 116 valence electrons.